The molecule has 0 spiro atoms. The highest BCUT2D eigenvalue weighted by molar-refractivity contribution is 5.98. The summed E-state index contributed by atoms with van der Waals surface area (Å²) < 4.78 is 6.71. The van der Waals surface area contributed by atoms with Crippen molar-refractivity contribution in [3.63, 3.8) is 0 Å². The number of benzene rings is 1. The van der Waals surface area contributed by atoms with Gasteiger partial charge in [0.05, 0.1) is 24.1 Å². The van der Waals surface area contributed by atoms with Crippen molar-refractivity contribution < 1.29 is 19.1 Å². The smallest absolute Gasteiger partial charge is 0.270 e. The fourth-order valence-electron chi connectivity index (χ4n) is 3.47. The number of aromatic nitrogens is 4. The van der Waals surface area contributed by atoms with Gasteiger partial charge in [0.1, 0.15) is 17.1 Å². The molecule has 0 saturated heterocycles. The van der Waals surface area contributed by atoms with Gasteiger partial charge in [0.25, 0.3) is 17.7 Å². The van der Waals surface area contributed by atoms with Gasteiger partial charge in [0, 0.05) is 24.9 Å². The van der Waals surface area contributed by atoms with Crippen LogP contribution in [0.25, 0.3) is 5.65 Å². The van der Waals surface area contributed by atoms with Gasteiger partial charge in [-0.15, -0.1) is 0 Å². The van der Waals surface area contributed by atoms with E-state index in [-0.39, 0.29) is 37.0 Å². The number of nitrogens with one attached hydrogen (secondary N) is 3. The van der Waals surface area contributed by atoms with E-state index in [1.165, 1.54) is 16.8 Å². The number of carbonyl (C=O) groups is 3. The molecule has 1 aliphatic rings. The molecule has 0 radical (unpaired) electrons. The molecule has 170 valence electrons. The largest absolute Gasteiger partial charge is 0.482 e. The third-order valence-electron chi connectivity index (χ3n) is 5.11. The van der Waals surface area contributed by atoms with Crippen LogP contribution in [-0.2, 0) is 17.9 Å². The molecular weight excluding hydrogens is 438 g/mol. The highest BCUT2D eigenvalue weighted by Gasteiger charge is 2.19. The first-order valence-electron chi connectivity index (χ1n) is 10.4. The molecule has 0 bridgehead atoms. The van der Waals surface area contributed by atoms with E-state index < -0.39 is 11.8 Å². The Kier molecular flexibility index (Phi) is 5.56. The SMILES string of the molecule is O=C1COc2ccc(CNC(=O)c3cc(C(=O)NCc4ccccn4)n4nccc4n3)cc2N1. The number of hydrogen-bond donors (Lipinski definition) is 3. The standard InChI is InChI=1S/C23H19N7O4/c31-21-13-34-19-5-4-14(9-16(19)29-21)11-25-22(32)17-10-18(30-20(28-17)6-8-27-30)23(33)26-12-15-3-1-2-7-24-15/h1-10H,11-13H2,(H,25,32)(H,26,33)(H,29,31). The number of rotatable bonds is 6. The molecule has 3 amide bonds. The van der Waals surface area contributed by atoms with Crippen molar-refractivity contribution in [2.45, 2.75) is 13.1 Å². The predicted octanol–water partition coefficient (Wildman–Crippen LogP) is 1.32. The lowest BCUT2D eigenvalue weighted by atomic mass is 10.1. The summed E-state index contributed by atoms with van der Waals surface area (Å²) in [6.45, 7) is 0.393. The van der Waals surface area contributed by atoms with Crippen LogP contribution in [-0.4, -0.2) is 43.9 Å². The van der Waals surface area contributed by atoms with E-state index in [0.717, 1.165) is 5.56 Å². The molecule has 3 N–H and O–H groups in total. The second-order valence-electron chi connectivity index (χ2n) is 7.48. The summed E-state index contributed by atoms with van der Waals surface area (Å²) in [5.41, 5.74) is 2.62. The Balaban J connectivity index is 1.31. The van der Waals surface area contributed by atoms with Gasteiger partial charge in [0.2, 0.25) is 0 Å². The minimum absolute atomic E-state index is 0.0242. The molecule has 5 rings (SSSR count). The maximum absolute atomic E-state index is 12.8. The molecule has 0 saturated carbocycles. The maximum Gasteiger partial charge on any atom is 0.270 e. The highest BCUT2D eigenvalue weighted by atomic mass is 16.5. The van der Waals surface area contributed by atoms with E-state index in [4.69, 9.17) is 4.74 Å². The van der Waals surface area contributed by atoms with Crippen LogP contribution in [0.3, 0.4) is 0 Å². The van der Waals surface area contributed by atoms with Crippen molar-refractivity contribution >= 4 is 29.1 Å². The predicted molar refractivity (Wildman–Crippen MR) is 120 cm³/mol. The van der Waals surface area contributed by atoms with E-state index in [1.54, 1.807) is 42.6 Å². The van der Waals surface area contributed by atoms with Gasteiger partial charge in [-0.25, -0.2) is 9.50 Å². The Hall–Kier alpha value is -4.80. The zero-order chi connectivity index (χ0) is 23.5. The van der Waals surface area contributed by atoms with Gasteiger partial charge in [-0.05, 0) is 29.8 Å². The summed E-state index contributed by atoms with van der Waals surface area (Å²) >= 11 is 0. The molecule has 11 heteroatoms. The molecule has 3 aromatic heterocycles. The average molecular weight is 457 g/mol. The Labute approximate surface area is 193 Å². The normalized spacial score (nSPS) is 12.4. The third-order valence-corrected chi connectivity index (χ3v) is 5.11. The Morgan fingerprint density at radius 2 is 1.91 bits per heavy atom. The molecule has 0 unspecified atom stereocenters. The van der Waals surface area contributed by atoms with Crippen molar-refractivity contribution in [2.24, 2.45) is 0 Å². The minimum Gasteiger partial charge on any atom is -0.482 e. The van der Waals surface area contributed by atoms with Crippen molar-refractivity contribution in [1.29, 1.82) is 0 Å². The number of carbonyl (C=O) groups excluding carboxylic acids is 3. The summed E-state index contributed by atoms with van der Waals surface area (Å²) in [6.07, 6.45) is 3.15. The van der Waals surface area contributed by atoms with Gasteiger partial charge >= 0.3 is 0 Å². The Morgan fingerprint density at radius 1 is 1.03 bits per heavy atom. The second kappa shape index (κ2) is 8.98. The maximum atomic E-state index is 12.8. The summed E-state index contributed by atoms with van der Waals surface area (Å²) in [5.74, 6) is -0.536. The van der Waals surface area contributed by atoms with E-state index in [0.29, 0.717) is 22.8 Å². The second-order valence-corrected chi connectivity index (χ2v) is 7.48. The number of anilines is 1. The minimum atomic E-state index is -0.458. The monoisotopic (exact) mass is 457 g/mol. The van der Waals surface area contributed by atoms with Crippen LogP contribution >= 0.6 is 0 Å². The fraction of sp³-hybridized carbons (Fsp3) is 0.130. The van der Waals surface area contributed by atoms with Crippen molar-refractivity contribution in [1.82, 2.24) is 30.2 Å². The molecule has 1 aliphatic heterocycles. The number of pyridine rings is 1. The molecule has 0 aliphatic carbocycles. The van der Waals surface area contributed by atoms with E-state index in [1.807, 2.05) is 6.07 Å². The van der Waals surface area contributed by atoms with Crippen LogP contribution in [0, 0.1) is 0 Å². The first-order chi connectivity index (χ1) is 16.6. The van der Waals surface area contributed by atoms with Crippen LogP contribution < -0.4 is 20.7 Å². The van der Waals surface area contributed by atoms with Crippen LogP contribution in [0.1, 0.15) is 32.2 Å². The molecular formula is C23H19N7O4. The first-order valence-corrected chi connectivity index (χ1v) is 10.4. The zero-order valence-electron chi connectivity index (χ0n) is 17.8. The molecule has 0 fully saturated rings. The lowest BCUT2D eigenvalue weighted by Gasteiger charge is -2.18. The summed E-state index contributed by atoms with van der Waals surface area (Å²) in [6, 6.07) is 13.7. The Morgan fingerprint density at radius 3 is 2.76 bits per heavy atom. The van der Waals surface area contributed by atoms with E-state index in [9.17, 15) is 14.4 Å². The van der Waals surface area contributed by atoms with Gasteiger partial charge in [-0.2, -0.15) is 5.10 Å². The zero-order valence-corrected chi connectivity index (χ0v) is 17.8. The van der Waals surface area contributed by atoms with E-state index in [2.05, 4.69) is 31.0 Å². The van der Waals surface area contributed by atoms with Crippen LogP contribution in [0.2, 0.25) is 0 Å². The van der Waals surface area contributed by atoms with Crippen molar-refractivity contribution in [3.05, 3.63) is 83.6 Å². The van der Waals surface area contributed by atoms with Crippen LogP contribution in [0.4, 0.5) is 5.69 Å². The fourth-order valence-corrected chi connectivity index (χ4v) is 3.47. The van der Waals surface area contributed by atoms with Crippen molar-refractivity contribution in [2.75, 3.05) is 11.9 Å². The molecule has 4 heterocycles. The molecule has 0 atom stereocenters. The number of amides is 3. The summed E-state index contributed by atoms with van der Waals surface area (Å²) in [4.78, 5) is 45.7. The summed E-state index contributed by atoms with van der Waals surface area (Å²) in [5, 5.41) is 12.4. The van der Waals surface area contributed by atoms with Gasteiger partial charge in [-0.3, -0.25) is 19.4 Å². The van der Waals surface area contributed by atoms with Gasteiger partial charge < -0.3 is 20.7 Å². The Bertz CT molecular complexity index is 1400. The number of fused-ring (bicyclic) bond motifs is 2. The number of hydrogen-bond acceptors (Lipinski definition) is 7. The quantitative estimate of drug-likeness (QED) is 0.397. The molecule has 11 nitrogen and oxygen atoms in total. The highest BCUT2D eigenvalue weighted by Crippen LogP contribution is 2.28. The first kappa shape index (κ1) is 21.1. The summed E-state index contributed by atoms with van der Waals surface area (Å²) in [7, 11) is 0. The third kappa shape index (κ3) is 4.39. The number of nitrogens with zero attached hydrogens (tertiary/aromatic N) is 4. The molecule has 4 aromatic rings. The topological polar surface area (TPSA) is 140 Å². The average Bonchev–Trinajstić information content (AvgIpc) is 3.34. The number of ether oxygens (including phenoxy) is 1. The lowest BCUT2D eigenvalue weighted by molar-refractivity contribution is -0.118. The van der Waals surface area contributed by atoms with Gasteiger partial charge in [-0.1, -0.05) is 12.1 Å². The van der Waals surface area contributed by atoms with Crippen LogP contribution in [0.5, 0.6) is 5.75 Å². The molecule has 34 heavy (non-hydrogen) atoms. The van der Waals surface area contributed by atoms with Crippen LogP contribution in [0.15, 0.2) is 60.9 Å². The lowest BCUT2D eigenvalue weighted by Crippen LogP contribution is -2.29. The van der Waals surface area contributed by atoms with E-state index >= 15 is 0 Å². The van der Waals surface area contributed by atoms with Crippen molar-refractivity contribution in [3.8, 4) is 5.75 Å². The molecule has 1 aromatic carbocycles. The van der Waals surface area contributed by atoms with Gasteiger partial charge in [0.15, 0.2) is 12.3 Å².